The molecule has 3 aromatic carbocycles. The summed E-state index contributed by atoms with van der Waals surface area (Å²) in [6.45, 7) is 1.92. The minimum Gasteiger partial charge on any atom is -0.338 e. The van der Waals surface area contributed by atoms with Gasteiger partial charge in [-0.3, -0.25) is 4.79 Å². The van der Waals surface area contributed by atoms with Crippen LogP contribution in [0.15, 0.2) is 85.5 Å². The average molecular weight is 409 g/mol. The molecule has 0 saturated carbocycles. The van der Waals surface area contributed by atoms with Crippen molar-refractivity contribution >= 4 is 16.6 Å². The molecule has 0 aliphatic carbocycles. The molecule has 0 radical (unpaired) electrons. The van der Waals surface area contributed by atoms with Crippen LogP contribution in [-0.2, 0) is 7.05 Å². The van der Waals surface area contributed by atoms with E-state index in [1.807, 2.05) is 59.8 Å². The Morgan fingerprint density at radius 2 is 1.65 bits per heavy atom. The Morgan fingerprint density at radius 1 is 0.903 bits per heavy atom. The van der Waals surface area contributed by atoms with E-state index >= 15 is 0 Å². The highest BCUT2D eigenvalue weighted by atomic mass is 19.1. The third-order valence-corrected chi connectivity index (χ3v) is 5.60. The Morgan fingerprint density at radius 3 is 2.39 bits per heavy atom. The maximum Gasteiger partial charge on any atom is 0.195 e. The van der Waals surface area contributed by atoms with Crippen LogP contribution in [0.5, 0.6) is 0 Å². The van der Waals surface area contributed by atoms with Gasteiger partial charge in [0, 0.05) is 36.3 Å². The predicted octanol–water partition coefficient (Wildman–Crippen LogP) is 5.71. The lowest BCUT2D eigenvalue weighted by Crippen LogP contribution is -2.05. The highest BCUT2D eigenvalue weighted by Gasteiger charge is 2.24. The van der Waals surface area contributed by atoms with Gasteiger partial charge in [-0.2, -0.15) is 0 Å². The van der Waals surface area contributed by atoms with Crippen LogP contribution >= 0.6 is 0 Å². The first-order valence-corrected chi connectivity index (χ1v) is 10.0. The molecule has 5 heteroatoms. The standard InChI is InChI=1S/C26H20FN3O/c1-17-25(26(31)19-10-12-20(27)13-11-19)23(14-30(17)24-15-29(2)16-28-24)22-9-5-7-18-6-3-4-8-21(18)22/h3-16H,1-2H3. The van der Waals surface area contributed by atoms with Crippen molar-refractivity contribution in [1.29, 1.82) is 0 Å². The molecule has 2 aromatic heterocycles. The molecule has 0 saturated heterocycles. The molecule has 0 spiro atoms. The number of fused-ring (bicyclic) bond motifs is 1. The fourth-order valence-electron chi connectivity index (χ4n) is 4.06. The third kappa shape index (κ3) is 3.24. The van der Waals surface area contributed by atoms with Crippen molar-refractivity contribution in [3.05, 3.63) is 108 Å². The number of aromatic nitrogens is 3. The van der Waals surface area contributed by atoms with Crippen LogP contribution in [0.3, 0.4) is 0 Å². The van der Waals surface area contributed by atoms with Gasteiger partial charge in [-0.05, 0) is 47.5 Å². The number of carbonyl (C=O) groups excluding carboxylic acids is 1. The molecule has 5 rings (SSSR count). The van der Waals surface area contributed by atoms with Crippen LogP contribution in [0.2, 0.25) is 0 Å². The van der Waals surface area contributed by atoms with Crippen LogP contribution in [0.1, 0.15) is 21.6 Å². The highest BCUT2D eigenvalue weighted by Crippen LogP contribution is 2.35. The largest absolute Gasteiger partial charge is 0.338 e. The zero-order valence-electron chi connectivity index (χ0n) is 17.2. The molecule has 0 aliphatic heterocycles. The molecule has 0 fully saturated rings. The molecular weight excluding hydrogens is 389 g/mol. The normalized spacial score (nSPS) is 11.2. The number of hydrogen-bond acceptors (Lipinski definition) is 2. The van der Waals surface area contributed by atoms with E-state index in [4.69, 9.17) is 0 Å². The zero-order chi connectivity index (χ0) is 21.5. The Balaban J connectivity index is 1.78. The monoisotopic (exact) mass is 409 g/mol. The molecular formula is C26H20FN3O. The lowest BCUT2D eigenvalue weighted by molar-refractivity contribution is 0.103. The molecule has 2 heterocycles. The summed E-state index contributed by atoms with van der Waals surface area (Å²) in [5.41, 5.74) is 3.63. The number of benzene rings is 3. The molecule has 0 atom stereocenters. The van der Waals surface area contributed by atoms with Gasteiger partial charge in [-0.1, -0.05) is 42.5 Å². The first-order valence-electron chi connectivity index (χ1n) is 10.0. The molecule has 0 amide bonds. The Kier molecular flexibility index (Phi) is 4.51. The van der Waals surface area contributed by atoms with E-state index in [2.05, 4.69) is 23.2 Å². The quantitative estimate of drug-likeness (QED) is 0.357. The molecule has 0 aliphatic rings. The fraction of sp³-hybridized carbons (Fsp3) is 0.0769. The zero-order valence-corrected chi connectivity index (χ0v) is 17.2. The van der Waals surface area contributed by atoms with Crippen molar-refractivity contribution in [3.63, 3.8) is 0 Å². The second-order valence-corrected chi connectivity index (χ2v) is 7.63. The van der Waals surface area contributed by atoms with Crippen LogP contribution in [0, 0.1) is 12.7 Å². The molecule has 0 bridgehead atoms. The van der Waals surface area contributed by atoms with Crippen molar-refractivity contribution < 1.29 is 9.18 Å². The number of carbonyl (C=O) groups is 1. The molecule has 0 N–H and O–H groups in total. The maximum atomic E-state index is 13.6. The number of hydrogen-bond donors (Lipinski definition) is 0. The van der Waals surface area contributed by atoms with E-state index in [1.54, 1.807) is 6.33 Å². The lowest BCUT2D eigenvalue weighted by Gasteiger charge is -2.09. The van der Waals surface area contributed by atoms with Crippen LogP contribution in [0.25, 0.3) is 27.7 Å². The first kappa shape index (κ1) is 19.0. The summed E-state index contributed by atoms with van der Waals surface area (Å²) >= 11 is 0. The van der Waals surface area contributed by atoms with Crippen molar-refractivity contribution in [1.82, 2.24) is 14.1 Å². The van der Waals surface area contributed by atoms with Crippen molar-refractivity contribution in [2.24, 2.45) is 7.05 Å². The van der Waals surface area contributed by atoms with Gasteiger partial charge >= 0.3 is 0 Å². The smallest absolute Gasteiger partial charge is 0.195 e. The topological polar surface area (TPSA) is 39.8 Å². The van der Waals surface area contributed by atoms with Gasteiger partial charge in [0.1, 0.15) is 5.82 Å². The molecule has 31 heavy (non-hydrogen) atoms. The third-order valence-electron chi connectivity index (χ3n) is 5.60. The minimum atomic E-state index is -0.367. The van der Waals surface area contributed by atoms with E-state index in [0.29, 0.717) is 11.1 Å². The molecule has 5 aromatic rings. The SMILES string of the molecule is Cc1c(C(=O)c2ccc(F)cc2)c(-c2cccc3ccccc23)cn1-c1cn(C)cn1. The first-order chi connectivity index (χ1) is 15.0. The second-order valence-electron chi connectivity index (χ2n) is 7.63. The summed E-state index contributed by atoms with van der Waals surface area (Å²) in [6, 6.07) is 19.9. The van der Waals surface area contributed by atoms with Crippen LogP contribution in [0.4, 0.5) is 4.39 Å². The second kappa shape index (κ2) is 7.36. The number of nitrogens with zero attached hydrogens (tertiary/aromatic N) is 3. The number of ketones is 1. The Labute approximate surface area is 179 Å². The molecule has 4 nitrogen and oxygen atoms in total. The number of rotatable bonds is 4. The van der Waals surface area contributed by atoms with Gasteiger partial charge < -0.3 is 9.13 Å². The summed E-state index contributed by atoms with van der Waals surface area (Å²) in [5.74, 6) is 0.225. The van der Waals surface area contributed by atoms with E-state index in [9.17, 15) is 9.18 Å². The summed E-state index contributed by atoms with van der Waals surface area (Å²) in [7, 11) is 1.91. The summed E-state index contributed by atoms with van der Waals surface area (Å²) in [5, 5.41) is 2.17. The maximum absolute atomic E-state index is 13.6. The number of aryl methyl sites for hydroxylation is 1. The Bertz CT molecular complexity index is 1420. The number of halogens is 1. The van der Waals surface area contributed by atoms with Gasteiger partial charge in [-0.25, -0.2) is 9.37 Å². The van der Waals surface area contributed by atoms with Gasteiger partial charge in [0.15, 0.2) is 11.6 Å². The van der Waals surface area contributed by atoms with E-state index < -0.39 is 0 Å². The summed E-state index contributed by atoms with van der Waals surface area (Å²) in [6.07, 6.45) is 5.61. The van der Waals surface area contributed by atoms with Gasteiger partial charge in [-0.15, -0.1) is 0 Å². The van der Waals surface area contributed by atoms with Gasteiger partial charge in [0.2, 0.25) is 0 Å². The van der Waals surface area contributed by atoms with Crippen molar-refractivity contribution in [2.45, 2.75) is 6.92 Å². The Hall–Kier alpha value is -3.99. The summed E-state index contributed by atoms with van der Waals surface area (Å²) < 4.78 is 17.3. The average Bonchev–Trinajstić information content (AvgIpc) is 3.36. The predicted molar refractivity (Wildman–Crippen MR) is 120 cm³/mol. The van der Waals surface area contributed by atoms with Crippen LogP contribution < -0.4 is 0 Å². The number of imidazole rings is 1. The highest BCUT2D eigenvalue weighted by molar-refractivity contribution is 6.15. The summed E-state index contributed by atoms with van der Waals surface area (Å²) in [4.78, 5) is 18.1. The van der Waals surface area contributed by atoms with E-state index in [1.165, 1.54) is 24.3 Å². The van der Waals surface area contributed by atoms with Crippen molar-refractivity contribution in [2.75, 3.05) is 0 Å². The molecule has 0 unspecified atom stereocenters. The minimum absolute atomic E-state index is 0.143. The lowest BCUT2D eigenvalue weighted by atomic mass is 9.93. The fourth-order valence-corrected chi connectivity index (χ4v) is 4.06. The van der Waals surface area contributed by atoms with Crippen molar-refractivity contribution in [3.8, 4) is 16.9 Å². The van der Waals surface area contributed by atoms with Crippen LogP contribution in [-0.4, -0.2) is 19.9 Å². The van der Waals surface area contributed by atoms with Gasteiger partial charge in [0.05, 0.1) is 11.9 Å². The van der Waals surface area contributed by atoms with E-state index in [-0.39, 0.29) is 11.6 Å². The van der Waals surface area contributed by atoms with E-state index in [0.717, 1.165) is 33.4 Å². The molecule has 152 valence electrons. The van der Waals surface area contributed by atoms with Gasteiger partial charge in [0.25, 0.3) is 0 Å².